The second kappa shape index (κ2) is 5.64. The Bertz CT molecular complexity index is 450. The van der Waals surface area contributed by atoms with Gasteiger partial charge in [-0.25, -0.2) is 0 Å². The molecule has 1 aromatic rings. The topological polar surface area (TPSA) is 63.3 Å². The van der Waals surface area contributed by atoms with Crippen LogP contribution in [0.1, 0.15) is 29.2 Å². The number of carboxylic acid groups (broad SMARTS) is 1. The number of carbonyl (C=O) groups is 1. The van der Waals surface area contributed by atoms with Gasteiger partial charge in [0.25, 0.3) is 0 Å². The number of allylic oxidation sites excluding steroid dienone is 1. The number of benzene rings is 1. The number of hydrogen-bond donors (Lipinski definition) is 2. The Labute approximate surface area is 102 Å². The van der Waals surface area contributed by atoms with E-state index in [0.717, 1.165) is 16.7 Å². The SMILES string of the molecule is C/C=C\c1cc(C[C@@H](N)C(=O)O)cc(C)c1C. The lowest BCUT2D eigenvalue weighted by atomic mass is 9.96. The molecule has 0 aliphatic heterocycles. The maximum absolute atomic E-state index is 10.7. The normalized spacial score (nSPS) is 12.9. The molecule has 0 heterocycles. The van der Waals surface area contributed by atoms with Crippen molar-refractivity contribution in [1.29, 1.82) is 0 Å². The van der Waals surface area contributed by atoms with Gasteiger partial charge in [0.15, 0.2) is 0 Å². The molecule has 0 unspecified atom stereocenters. The highest BCUT2D eigenvalue weighted by atomic mass is 16.4. The van der Waals surface area contributed by atoms with Gasteiger partial charge >= 0.3 is 5.97 Å². The second-order valence-corrected chi connectivity index (χ2v) is 4.28. The molecule has 0 saturated heterocycles. The second-order valence-electron chi connectivity index (χ2n) is 4.28. The van der Waals surface area contributed by atoms with Crippen LogP contribution < -0.4 is 5.73 Å². The van der Waals surface area contributed by atoms with Crippen molar-refractivity contribution in [3.8, 4) is 0 Å². The van der Waals surface area contributed by atoms with E-state index in [0.29, 0.717) is 6.42 Å². The van der Waals surface area contributed by atoms with Gasteiger partial charge in [-0.1, -0.05) is 24.3 Å². The van der Waals surface area contributed by atoms with Crippen LogP contribution in [0.2, 0.25) is 0 Å². The highest BCUT2D eigenvalue weighted by Gasteiger charge is 2.13. The first-order chi connectivity index (χ1) is 7.95. The third-order valence-corrected chi connectivity index (χ3v) is 2.89. The lowest BCUT2D eigenvalue weighted by Crippen LogP contribution is -2.32. The van der Waals surface area contributed by atoms with Crippen molar-refractivity contribution in [2.24, 2.45) is 5.73 Å². The Kier molecular flexibility index (Phi) is 4.46. The first-order valence-corrected chi connectivity index (χ1v) is 5.67. The van der Waals surface area contributed by atoms with Crippen LogP contribution in [0.3, 0.4) is 0 Å². The summed E-state index contributed by atoms with van der Waals surface area (Å²) >= 11 is 0. The number of carboxylic acids is 1. The van der Waals surface area contributed by atoms with Gasteiger partial charge in [0, 0.05) is 0 Å². The average molecular weight is 233 g/mol. The van der Waals surface area contributed by atoms with Gasteiger partial charge in [-0.15, -0.1) is 0 Å². The fourth-order valence-corrected chi connectivity index (χ4v) is 1.78. The summed E-state index contributed by atoms with van der Waals surface area (Å²) in [4.78, 5) is 10.7. The van der Waals surface area contributed by atoms with Crippen molar-refractivity contribution in [2.45, 2.75) is 33.2 Å². The highest BCUT2D eigenvalue weighted by Crippen LogP contribution is 2.18. The Balaban J connectivity index is 3.06. The minimum Gasteiger partial charge on any atom is -0.480 e. The monoisotopic (exact) mass is 233 g/mol. The lowest BCUT2D eigenvalue weighted by Gasteiger charge is -2.11. The minimum absolute atomic E-state index is 0.362. The Morgan fingerprint density at radius 1 is 1.47 bits per heavy atom. The molecule has 0 aliphatic rings. The Hall–Kier alpha value is -1.61. The van der Waals surface area contributed by atoms with E-state index in [4.69, 9.17) is 10.8 Å². The summed E-state index contributed by atoms with van der Waals surface area (Å²) in [5.41, 5.74) is 10.0. The molecule has 0 spiro atoms. The van der Waals surface area contributed by atoms with E-state index in [1.807, 2.05) is 38.1 Å². The largest absolute Gasteiger partial charge is 0.480 e. The van der Waals surface area contributed by atoms with Crippen molar-refractivity contribution in [1.82, 2.24) is 0 Å². The molecule has 1 rings (SSSR count). The third kappa shape index (κ3) is 3.43. The lowest BCUT2D eigenvalue weighted by molar-refractivity contribution is -0.138. The van der Waals surface area contributed by atoms with E-state index in [1.165, 1.54) is 5.56 Å². The maximum Gasteiger partial charge on any atom is 0.320 e. The number of nitrogens with two attached hydrogens (primary N) is 1. The molecular formula is C14H19NO2. The average Bonchev–Trinajstić information content (AvgIpc) is 2.25. The van der Waals surface area contributed by atoms with Crippen LogP contribution in [0, 0.1) is 13.8 Å². The molecule has 1 atom stereocenters. The van der Waals surface area contributed by atoms with E-state index in [1.54, 1.807) is 0 Å². The van der Waals surface area contributed by atoms with Gasteiger partial charge in [-0.3, -0.25) is 4.79 Å². The molecule has 3 heteroatoms. The van der Waals surface area contributed by atoms with E-state index in [-0.39, 0.29) is 0 Å². The number of hydrogen-bond acceptors (Lipinski definition) is 2. The van der Waals surface area contributed by atoms with Crippen LogP contribution in [0.4, 0.5) is 0 Å². The van der Waals surface area contributed by atoms with Crippen LogP contribution >= 0.6 is 0 Å². The van der Waals surface area contributed by atoms with Gasteiger partial charge in [0.05, 0.1) is 0 Å². The van der Waals surface area contributed by atoms with Crippen LogP contribution in [0.25, 0.3) is 6.08 Å². The first-order valence-electron chi connectivity index (χ1n) is 5.67. The molecule has 0 aromatic heterocycles. The molecule has 92 valence electrons. The van der Waals surface area contributed by atoms with Gasteiger partial charge in [-0.2, -0.15) is 0 Å². The van der Waals surface area contributed by atoms with Crippen LogP contribution in [-0.2, 0) is 11.2 Å². The van der Waals surface area contributed by atoms with E-state index < -0.39 is 12.0 Å². The third-order valence-electron chi connectivity index (χ3n) is 2.89. The van der Waals surface area contributed by atoms with E-state index in [9.17, 15) is 4.79 Å². The van der Waals surface area contributed by atoms with Gasteiger partial charge in [0.1, 0.15) is 6.04 Å². The number of aryl methyl sites for hydroxylation is 1. The zero-order chi connectivity index (χ0) is 13.0. The summed E-state index contributed by atoms with van der Waals surface area (Å²) in [5.74, 6) is -0.962. The van der Waals surface area contributed by atoms with Crippen molar-refractivity contribution in [2.75, 3.05) is 0 Å². The summed E-state index contributed by atoms with van der Waals surface area (Å²) in [6.45, 7) is 6.05. The fraction of sp³-hybridized carbons (Fsp3) is 0.357. The highest BCUT2D eigenvalue weighted by molar-refractivity contribution is 5.73. The Morgan fingerprint density at radius 3 is 2.65 bits per heavy atom. The molecule has 0 fully saturated rings. The quantitative estimate of drug-likeness (QED) is 0.838. The molecule has 3 nitrogen and oxygen atoms in total. The minimum atomic E-state index is -0.962. The molecule has 17 heavy (non-hydrogen) atoms. The zero-order valence-electron chi connectivity index (χ0n) is 10.5. The Morgan fingerprint density at radius 2 is 2.12 bits per heavy atom. The molecule has 3 N–H and O–H groups in total. The predicted molar refractivity (Wildman–Crippen MR) is 69.9 cm³/mol. The fourth-order valence-electron chi connectivity index (χ4n) is 1.78. The van der Waals surface area contributed by atoms with Crippen LogP contribution in [0.5, 0.6) is 0 Å². The van der Waals surface area contributed by atoms with Gasteiger partial charge in [-0.05, 0) is 49.4 Å². The summed E-state index contributed by atoms with van der Waals surface area (Å²) < 4.78 is 0. The predicted octanol–water partition coefficient (Wildman–Crippen LogP) is 2.29. The summed E-state index contributed by atoms with van der Waals surface area (Å²) in [6, 6.07) is 3.17. The standard InChI is InChI=1S/C14H19NO2/c1-4-5-12-7-11(6-9(2)10(12)3)8-13(15)14(16)17/h4-7,13H,8,15H2,1-3H3,(H,16,17)/b5-4-/t13-/m1/s1. The van der Waals surface area contributed by atoms with Crippen LogP contribution in [0.15, 0.2) is 18.2 Å². The van der Waals surface area contributed by atoms with Gasteiger partial charge < -0.3 is 10.8 Å². The van der Waals surface area contributed by atoms with E-state index >= 15 is 0 Å². The summed E-state index contributed by atoms with van der Waals surface area (Å²) in [6.07, 6.45) is 4.36. The van der Waals surface area contributed by atoms with E-state index in [2.05, 4.69) is 6.92 Å². The van der Waals surface area contributed by atoms with Crippen molar-refractivity contribution in [3.63, 3.8) is 0 Å². The molecule has 0 radical (unpaired) electrons. The molecular weight excluding hydrogens is 214 g/mol. The summed E-state index contributed by atoms with van der Waals surface area (Å²) in [5, 5.41) is 8.80. The number of aliphatic carboxylic acids is 1. The molecule has 0 aliphatic carbocycles. The molecule has 0 bridgehead atoms. The van der Waals surface area contributed by atoms with Crippen LogP contribution in [-0.4, -0.2) is 17.1 Å². The molecule has 0 saturated carbocycles. The van der Waals surface area contributed by atoms with Gasteiger partial charge in [0.2, 0.25) is 0 Å². The van der Waals surface area contributed by atoms with Crippen molar-refractivity contribution >= 4 is 12.0 Å². The zero-order valence-corrected chi connectivity index (χ0v) is 10.5. The van der Waals surface area contributed by atoms with Crippen molar-refractivity contribution in [3.05, 3.63) is 40.5 Å². The van der Waals surface area contributed by atoms with Crippen molar-refractivity contribution < 1.29 is 9.90 Å². The maximum atomic E-state index is 10.7. The number of rotatable bonds is 4. The first kappa shape index (κ1) is 13.5. The smallest absolute Gasteiger partial charge is 0.320 e. The summed E-state index contributed by atoms with van der Waals surface area (Å²) in [7, 11) is 0. The molecule has 1 aromatic carbocycles. The molecule has 0 amide bonds.